The maximum absolute atomic E-state index is 13.0. The fourth-order valence-corrected chi connectivity index (χ4v) is 5.20. The molecule has 1 fully saturated rings. The highest BCUT2D eigenvalue weighted by Gasteiger charge is 2.28. The lowest BCUT2D eigenvalue weighted by Gasteiger charge is -2.26. The first kappa shape index (κ1) is 21.7. The number of benzene rings is 2. The topological polar surface area (TPSA) is 122 Å². The van der Waals surface area contributed by atoms with Crippen LogP contribution in [0, 0.1) is 10.1 Å². The molecule has 9 nitrogen and oxygen atoms in total. The van der Waals surface area contributed by atoms with Crippen molar-refractivity contribution in [2.75, 3.05) is 25.5 Å². The predicted molar refractivity (Wildman–Crippen MR) is 113 cm³/mol. The Labute approximate surface area is 175 Å². The van der Waals surface area contributed by atoms with Gasteiger partial charge in [-0.3, -0.25) is 14.9 Å². The van der Waals surface area contributed by atoms with E-state index in [1.54, 1.807) is 25.2 Å². The van der Waals surface area contributed by atoms with Gasteiger partial charge in [0.15, 0.2) is 0 Å². The Hall–Kier alpha value is -2.98. The SMILES string of the molecule is CNc1ccc(C(=O)NCc2ccccc2S(=O)(=O)N2CCCCC2)cc1[N+](=O)[O-]. The number of hydrogen-bond acceptors (Lipinski definition) is 6. The summed E-state index contributed by atoms with van der Waals surface area (Å²) in [5, 5.41) is 16.6. The minimum atomic E-state index is -3.65. The Balaban J connectivity index is 1.79. The molecule has 0 spiro atoms. The fraction of sp³-hybridized carbons (Fsp3) is 0.350. The summed E-state index contributed by atoms with van der Waals surface area (Å²) in [6.07, 6.45) is 2.68. The van der Waals surface area contributed by atoms with E-state index >= 15 is 0 Å². The van der Waals surface area contributed by atoms with Crippen molar-refractivity contribution in [1.29, 1.82) is 0 Å². The lowest BCUT2D eigenvalue weighted by atomic mass is 10.1. The van der Waals surface area contributed by atoms with E-state index in [4.69, 9.17) is 0 Å². The number of piperidine rings is 1. The molecule has 0 saturated carbocycles. The van der Waals surface area contributed by atoms with Crippen molar-refractivity contribution in [2.45, 2.75) is 30.7 Å². The number of nitro benzene ring substituents is 1. The largest absolute Gasteiger partial charge is 0.383 e. The van der Waals surface area contributed by atoms with Crippen molar-refractivity contribution in [3.63, 3.8) is 0 Å². The van der Waals surface area contributed by atoms with Crippen molar-refractivity contribution in [3.8, 4) is 0 Å². The minimum absolute atomic E-state index is 0.0103. The zero-order valence-electron chi connectivity index (χ0n) is 16.6. The van der Waals surface area contributed by atoms with E-state index in [1.165, 1.54) is 28.6 Å². The third-order valence-electron chi connectivity index (χ3n) is 5.07. The van der Waals surface area contributed by atoms with Gasteiger partial charge < -0.3 is 10.6 Å². The molecular formula is C20H24N4O5S. The molecule has 1 heterocycles. The number of nitrogens with one attached hydrogen (secondary N) is 2. The van der Waals surface area contributed by atoms with Crippen LogP contribution in [0.4, 0.5) is 11.4 Å². The second-order valence-electron chi connectivity index (χ2n) is 6.99. The number of hydrogen-bond donors (Lipinski definition) is 2. The van der Waals surface area contributed by atoms with Gasteiger partial charge in [0.1, 0.15) is 5.69 Å². The van der Waals surface area contributed by atoms with E-state index in [9.17, 15) is 23.3 Å². The molecule has 0 radical (unpaired) electrons. The highest BCUT2D eigenvalue weighted by molar-refractivity contribution is 7.89. The van der Waals surface area contributed by atoms with Crippen molar-refractivity contribution in [3.05, 3.63) is 63.7 Å². The third kappa shape index (κ3) is 4.60. The standard InChI is InChI=1S/C20H24N4O5S/c1-21-17-10-9-15(13-18(17)24(26)27)20(25)22-14-16-7-3-4-8-19(16)30(28,29)23-11-5-2-6-12-23/h3-4,7-10,13,21H,2,5-6,11-12,14H2,1H3,(H,22,25). The average molecular weight is 433 g/mol. The zero-order valence-corrected chi connectivity index (χ0v) is 17.4. The maximum atomic E-state index is 13.0. The summed E-state index contributed by atoms with van der Waals surface area (Å²) in [5.74, 6) is -0.522. The first-order valence-electron chi connectivity index (χ1n) is 9.67. The number of amides is 1. The molecule has 1 amide bonds. The fourth-order valence-electron chi connectivity index (χ4n) is 3.46. The summed E-state index contributed by atoms with van der Waals surface area (Å²) >= 11 is 0. The highest BCUT2D eigenvalue weighted by Crippen LogP contribution is 2.26. The van der Waals surface area contributed by atoms with Gasteiger partial charge >= 0.3 is 0 Å². The highest BCUT2D eigenvalue weighted by atomic mass is 32.2. The number of nitro groups is 1. The van der Waals surface area contributed by atoms with Crippen LogP contribution < -0.4 is 10.6 Å². The van der Waals surface area contributed by atoms with Crippen LogP contribution >= 0.6 is 0 Å². The second kappa shape index (κ2) is 9.23. The molecule has 1 aliphatic heterocycles. The van der Waals surface area contributed by atoms with E-state index in [0.717, 1.165) is 19.3 Å². The van der Waals surface area contributed by atoms with Crippen LogP contribution in [-0.2, 0) is 16.6 Å². The van der Waals surface area contributed by atoms with Gasteiger partial charge in [-0.2, -0.15) is 4.31 Å². The molecule has 0 unspecified atom stereocenters. The van der Waals surface area contributed by atoms with E-state index < -0.39 is 20.9 Å². The first-order valence-corrected chi connectivity index (χ1v) is 11.1. The summed E-state index contributed by atoms with van der Waals surface area (Å²) in [6, 6.07) is 10.7. The van der Waals surface area contributed by atoms with Crippen molar-refractivity contribution < 1.29 is 18.1 Å². The summed E-state index contributed by atoms with van der Waals surface area (Å²) in [5.41, 5.74) is 0.683. The molecule has 160 valence electrons. The van der Waals surface area contributed by atoms with Gasteiger partial charge in [-0.1, -0.05) is 24.6 Å². The second-order valence-corrected chi connectivity index (χ2v) is 8.90. The van der Waals surface area contributed by atoms with Gasteiger partial charge in [0, 0.05) is 38.3 Å². The summed E-state index contributed by atoms with van der Waals surface area (Å²) in [7, 11) is -2.09. The molecule has 10 heteroatoms. The molecule has 2 aromatic rings. The van der Waals surface area contributed by atoms with E-state index in [2.05, 4.69) is 10.6 Å². The van der Waals surface area contributed by atoms with Gasteiger partial charge in [-0.25, -0.2) is 8.42 Å². The maximum Gasteiger partial charge on any atom is 0.293 e. The average Bonchev–Trinajstić information content (AvgIpc) is 2.77. The Kier molecular flexibility index (Phi) is 6.68. The quantitative estimate of drug-likeness (QED) is 0.512. The van der Waals surface area contributed by atoms with E-state index in [-0.39, 0.29) is 22.7 Å². The van der Waals surface area contributed by atoms with Gasteiger partial charge in [0.05, 0.1) is 9.82 Å². The number of rotatable bonds is 7. The van der Waals surface area contributed by atoms with Crippen LogP contribution in [0.25, 0.3) is 0 Å². The molecule has 2 N–H and O–H groups in total. The molecule has 2 aromatic carbocycles. The van der Waals surface area contributed by atoms with Crippen LogP contribution in [-0.4, -0.2) is 43.7 Å². The number of carbonyl (C=O) groups excluding carboxylic acids is 1. The Morgan fingerprint density at radius 3 is 2.50 bits per heavy atom. The Morgan fingerprint density at radius 1 is 1.13 bits per heavy atom. The molecule has 0 aliphatic carbocycles. The van der Waals surface area contributed by atoms with Gasteiger partial charge in [-0.05, 0) is 36.6 Å². The Morgan fingerprint density at radius 2 is 1.83 bits per heavy atom. The lowest BCUT2D eigenvalue weighted by Crippen LogP contribution is -2.36. The molecule has 30 heavy (non-hydrogen) atoms. The monoisotopic (exact) mass is 432 g/mol. The van der Waals surface area contributed by atoms with Gasteiger partial charge in [0.25, 0.3) is 11.6 Å². The number of anilines is 1. The molecule has 1 aliphatic rings. The van der Waals surface area contributed by atoms with E-state index in [1.807, 2.05) is 0 Å². The molecule has 3 rings (SSSR count). The van der Waals surface area contributed by atoms with Crippen LogP contribution in [0.3, 0.4) is 0 Å². The zero-order chi connectivity index (χ0) is 21.7. The van der Waals surface area contributed by atoms with Crippen LogP contribution in [0.1, 0.15) is 35.2 Å². The van der Waals surface area contributed by atoms with E-state index in [0.29, 0.717) is 24.3 Å². The lowest BCUT2D eigenvalue weighted by molar-refractivity contribution is -0.384. The molecular weight excluding hydrogens is 408 g/mol. The number of nitrogens with zero attached hydrogens (tertiary/aromatic N) is 2. The smallest absolute Gasteiger partial charge is 0.293 e. The predicted octanol–water partition coefficient (Wildman–Crippen LogP) is 2.74. The summed E-state index contributed by atoms with van der Waals surface area (Å²) in [4.78, 5) is 23.3. The number of carbonyl (C=O) groups is 1. The van der Waals surface area contributed by atoms with Crippen LogP contribution in [0.5, 0.6) is 0 Å². The molecule has 0 bridgehead atoms. The summed E-state index contributed by atoms with van der Waals surface area (Å²) < 4.78 is 27.6. The summed E-state index contributed by atoms with van der Waals surface area (Å²) in [6.45, 7) is 0.971. The third-order valence-corrected chi connectivity index (χ3v) is 7.07. The Bertz CT molecular complexity index is 1050. The van der Waals surface area contributed by atoms with Crippen LogP contribution in [0.2, 0.25) is 0 Å². The van der Waals surface area contributed by atoms with Crippen LogP contribution in [0.15, 0.2) is 47.4 Å². The molecule has 0 aromatic heterocycles. The molecule has 1 saturated heterocycles. The first-order chi connectivity index (χ1) is 14.3. The van der Waals surface area contributed by atoms with Crippen molar-refractivity contribution >= 4 is 27.3 Å². The van der Waals surface area contributed by atoms with Crippen molar-refractivity contribution in [2.24, 2.45) is 0 Å². The van der Waals surface area contributed by atoms with Gasteiger partial charge in [-0.15, -0.1) is 0 Å². The normalized spacial score (nSPS) is 14.8. The number of sulfonamides is 1. The minimum Gasteiger partial charge on any atom is -0.383 e. The van der Waals surface area contributed by atoms with Gasteiger partial charge in [0.2, 0.25) is 10.0 Å². The molecule has 0 atom stereocenters. The van der Waals surface area contributed by atoms with Crippen molar-refractivity contribution in [1.82, 2.24) is 9.62 Å².